The number of aromatic nitrogens is 4. The number of carbonyl (C=O) groups excluding carboxylic acids is 6. The second-order valence-corrected chi connectivity index (χ2v) is 22.4. The molecular weight excluding hydrogens is 1280 g/mol. The van der Waals surface area contributed by atoms with E-state index in [-0.39, 0.29) is 42.8 Å². The van der Waals surface area contributed by atoms with Crippen LogP contribution in [0.2, 0.25) is 0 Å². The third kappa shape index (κ3) is 17.9. The first-order chi connectivity index (χ1) is 46.1. The second kappa shape index (κ2) is 30.9. The van der Waals surface area contributed by atoms with Gasteiger partial charge in [-0.2, -0.15) is 0 Å². The molecule has 32 nitrogen and oxygen atoms in total. The van der Waals surface area contributed by atoms with Gasteiger partial charge in [0.15, 0.2) is 0 Å². The number of H-pyrrole nitrogens is 2. The lowest BCUT2D eigenvalue weighted by Crippen LogP contribution is -2.40. The minimum atomic E-state index is -1.62. The number of aryl methyl sites for hydroxylation is 3. The number of amides is 6. The van der Waals surface area contributed by atoms with Crippen LogP contribution in [0.4, 0.5) is 11.4 Å². The Balaban J connectivity index is 1.34. The third-order valence-electron chi connectivity index (χ3n) is 15.4. The molecule has 0 saturated heterocycles. The van der Waals surface area contributed by atoms with Gasteiger partial charge in [0, 0.05) is 79.7 Å². The number of rotatable bonds is 30. The molecule has 0 fully saturated rings. The number of hydrogen-bond acceptors (Lipinski definition) is 16. The van der Waals surface area contributed by atoms with Crippen molar-refractivity contribution in [3.05, 3.63) is 147 Å². The highest BCUT2D eigenvalue weighted by Gasteiger charge is 2.30. The maximum atomic E-state index is 14.3. The van der Waals surface area contributed by atoms with Crippen molar-refractivity contribution >= 4 is 145 Å². The fourth-order valence-electron chi connectivity index (χ4n) is 11.0. The number of anilines is 2. The van der Waals surface area contributed by atoms with Crippen molar-refractivity contribution in [1.82, 2.24) is 39.5 Å². The first-order valence-electron chi connectivity index (χ1n) is 29.4. The van der Waals surface area contributed by atoms with Crippen LogP contribution < -0.4 is 10.6 Å². The van der Waals surface area contributed by atoms with Crippen LogP contribution in [-0.4, -0.2) is 216 Å². The van der Waals surface area contributed by atoms with Crippen molar-refractivity contribution in [2.75, 3.05) is 63.0 Å². The van der Waals surface area contributed by atoms with Gasteiger partial charge in [-0.05, 0) is 135 Å². The summed E-state index contributed by atoms with van der Waals surface area (Å²) in [5.41, 5.74) is 6.15. The molecule has 3 aromatic heterocycles. The second-order valence-electron chi connectivity index (χ2n) is 22.4. The minimum absolute atomic E-state index is 0.0965. The molecule has 0 radical (unpaired) electrons. The molecule has 0 atom stereocenters. The van der Waals surface area contributed by atoms with Gasteiger partial charge < -0.3 is 81.1 Å². The van der Waals surface area contributed by atoms with E-state index in [1.54, 1.807) is 44.2 Å². The lowest BCUT2D eigenvalue weighted by Gasteiger charge is -2.21. The van der Waals surface area contributed by atoms with Gasteiger partial charge in [0.05, 0.1) is 22.8 Å². The van der Waals surface area contributed by atoms with Crippen LogP contribution in [0.15, 0.2) is 79.9 Å². The molecule has 98 heavy (non-hydrogen) atoms. The summed E-state index contributed by atoms with van der Waals surface area (Å²) < 4.78 is 0. The summed E-state index contributed by atoms with van der Waals surface area (Å²) in [5.74, 6) is -19.6. The first kappa shape index (κ1) is 72.5. The molecule has 12 N–H and O–H groups in total. The zero-order chi connectivity index (χ0) is 72.3. The Hall–Kier alpha value is -12.9. The van der Waals surface area contributed by atoms with Gasteiger partial charge in [0.25, 0.3) is 23.6 Å². The van der Waals surface area contributed by atoms with Crippen molar-refractivity contribution < 1.29 is 108 Å². The SMILES string of the molecule is C=CC1=C(C)c2cc3[nH]c(cc4nc(cc5[nH]c(cc1n2)c(C)c5CCC(=O)Nc1cc(C(=O)N(CC(=O)O)CC(=O)O)cc(C(=O)N(CC(=O)O)CC(=O)O)c1)C(CCC(=O)Nc1cc(C(=O)N(CC(=O)O)CC(=O)O)cc(C(=O)N(CC(=O)O)CC(=O)O)c1)=C4C)c(C)c3C=C. The molecule has 8 bridgehead atoms. The Kier molecular flexibility index (Phi) is 22.9. The van der Waals surface area contributed by atoms with Gasteiger partial charge >= 0.3 is 47.8 Å². The topological polar surface area (TPSA) is 495 Å². The number of carboxylic acid groups (broad SMARTS) is 8. The van der Waals surface area contributed by atoms with E-state index in [0.717, 1.165) is 53.1 Å². The number of aliphatic carboxylic acids is 8. The highest BCUT2D eigenvalue weighted by molar-refractivity contribution is 6.07. The average molecular weight is 1350 g/mol. The molecule has 5 aromatic rings. The number of benzene rings is 2. The van der Waals surface area contributed by atoms with Crippen molar-refractivity contribution in [2.45, 2.75) is 53.4 Å². The summed E-state index contributed by atoms with van der Waals surface area (Å²) in [6.45, 7) is 6.24. The van der Waals surface area contributed by atoms with Crippen LogP contribution in [0.1, 0.15) is 120 Å². The van der Waals surface area contributed by atoms with Crippen LogP contribution in [0.25, 0.3) is 50.4 Å². The summed E-state index contributed by atoms with van der Waals surface area (Å²) in [4.78, 5) is 197. The Morgan fingerprint density at radius 3 is 1.10 bits per heavy atom. The maximum absolute atomic E-state index is 14.3. The zero-order valence-corrected chi connectivity index (χ0v) is 52.8. The van der Waals surface area contributed by atoms with Crippen LogP contribution >= 0.6 is 0 Å². The number of carboxylic acids is 8. The van der Waals surface area contributed by atoms with Crippen molar-refractivity contribution in [1.29, 1.82) is 0 Å². The van der Waals surface area contributed by atoms with Gasteiger partial charge in [-0.3, -0.25) is 67.1 Å². The van der Waals surface area contributed by atoms with Gasteiger partial charge in [0.2, 0.25) is 11.8 Å². The van der Waals surface area contributed by atoms with Crippen LogP contribution in [0.3, 0.4) is 0 Å². The third-order valence-corrected chi connectivity index (χ3v) is 15.4. The van der Waals surface area contributed by atoms with Crippen LogP contribution in [0.5, 0.6) is 0 Å². The normalized spacial score (nSPS) is 11.6. The molecule has 2 aromatic carbocycles. The van der Waals surface area contributed by atoms with Crippen molar-refractivity contribution in [3.8, 4) is 0 Å². The van der Waals surface area contributed by atoms with E-state index in [0.29, 0.717) is 86.6 Å². The van der Waals surface area contributed by atoms with E-state index in [4.69, 9.17) is 9.97 Å². The Bertz CT molecular complexity index is 4340. The summed E-state index contributed by atoms with van der Waals surface area (Å²) in [6, 6.07) is 12.8. The largest absolute Gasteiger partial charge is 0.480 e. The van der Waals surface area contributed by atoms with Gasteiger partial charge in [-0.1, -0.05) is 25.3 Å². The lowest BCUT2D eigenvalue weighted by atomic mass is 9.99. The number of fused-ring (bicyclic) bond motifs is 8. The first-order valence-corrected chi connectivity index (χ1v) is 29.4. The molecule has 0 unspecified atom stereocenters. The molecule has 32 heteroatoms. The maximum Gasteiger partial charge on any atom is 0.323 e. The van der Waals surface area contributed by atoms with Crippen molar-refractivity contribution in [3.63, 3.8) is 0 Å². The Morgan fingerprint density at radius 2 is 0.724 bits per heavy atom. The fourth-order valence-corrected chi connectivity index (χ4v) is 11.0. The van der Waals surface area contributed by atoms with E-state index in [1.165, 1.54) is 0 Å². The molecule has 510 valence electrons. The predicted molar refractivity (Wildman–Crippen MR) is 348 cm³/mol. The smallest absolute Gasteiger partial charge is 0.323 e. The Labute approximate surface area is 554 Å². The minimum Gasteiger partial charge on any atom is -0.480 e. The highest BCUT2D eigenvalue weighted by atomic mass is 16.4. The van der Waals surface area contributed by atoms with Crippen LogP contribution in [-0.2, 0) is 54.4 Å². The zero-order valence-electron chi connectivity index (χ0n) is 52.8. The highest BCUT2D eigenvalue weighted by Crippen LogP contribution is 2.37. The van der Waals surface area contributed by atoms with Gasteiger partial charge in [-0.15, -0.1) is 0 Å². The quantitative estimate of drug-likeness (QED) is 0.0286. The Morgan fingerprint density at radius 1 is 0.398 bits per heavy atom. The number of carbonyl (C=O) groups is 14. The fraction of sp³-hybridized carbons (Fsp3) is 0.242. The molecule has 7 rings (SSSR count). The van der Waals surface area contributed by atoms with E-state index in [9.17, 15) is 108 Å². The predicted octanol–water partition coefficient (Wildman–Crippen LogP) is 5.06. The number of hydrogen-bond donors (Lipinski definition) is 12. The molecule has 0 aliphatic carbocycles. The number of nitrogens with zero attached hydrogens (tertiary/aromatic N) is 6. The number of allylic oxidation sites excluding steroid dienone is 5. The summed E-state index contributed by atoms with van der Waals surface area (Å²) >= 11 is 0. The lowest BCUT2D eigenvalue weighted by molar-refractivity contribution is -0.142. The molecule has 0 spiro atoms. The molecule has 6 amide bonds. The van der Waals surface area contributed by atoms with E-state index < -0.39 is 158 Å². The number of nitrogens with one attached hydrogen (secondary N) is 4. The van der Waals surface area contributed by atoms with Crippen molar-refractivity contribution in [2.24, 2.45) is 0 Å². The molecule has 2 aliphatic heterocycles. The van der Waals surface area contributed by atoms with E-state index >= 15 is 0 Å². The van der Waals surface area contributed by atoms with E-state index in [2.05, 4.69) is 33.8 Å². The summed E-state index contributed by atoms with van der Waals surface area (Å²) in [5, 5.41) is 81.5. The standard InChI is InChI=1S/C66H64N10O22/c1-7-41-31(3)45-19-46-33(5)43(9-11-53(77)67-39-15-35(63(95)73(23-55(79)80)24-56(81)82)13-36(16-39)64(96)74(25-57(83)84)26-58(85)86)51(71-46)22-52-44(34(6)48(72-52)21-50-42(8-2)32(4)47(70-50)20-49(41)69-45)10-12-54(78)68-40-17-37(65(97)75(27-59(87)88)28-60(89)90)14-38(18-40)66(98)76(29-61(91)92)30-62(93)94/h7-8,13-22,69,72H,1-2,9-12,23-30H2,3-6H3,(H,67,77)(H,68,78)(H,79,80)(H,81,82)(H,83,84)(H,85,86)(H,87,88)(H,89,90)(H,91,92)(H,93,94). The van der Waals surface area contributed by atoms with Gasteiger partial charge in [-0.25, -0.2) is 9.97 Å². The summed E-state index contributed by atoms with van der Waals surface area (Å²) in [7, 11) is 0. The number of aromatic amines is 2. The molecule has 2 aliphatic rings. The monoisotopic (exact) mass is 1350 g/mol. The van der Waals surface area contributed by atoms with Gasteiger partial charge in [0.1, 0.15) is 52.4 Å². The molecule has 5 heterocycles. The van der Waals surface area contributed by atoms with E-state index in [1.807, 2.05) is 19.9 Å². The summed E-state index contributed by atoms with van der Waals surface area (Å²) in [6.07, 6.45) is 2.35. The average Bonchev–Trinajstić information content (AvgIpc) is 1.60. The van der Waals surface area contributed by atoms with Crippen LogP contribution in [0, 0.1) is 13.8 Å². The molecule has 0 saturated carbocycles. The molecular formula is C66H64N10O22.